The highest BCUT2D eigenvalue weighted by Gasteiger charge is 2.11. The number of benzene rings is 1. The van der Waals surface area contributed by atoms with Crippen LogP contribution in [0.1, 0.15) is 32.3 Å². The Labute approximate surface area is 104 Å². The number of carbonyl (C=O) groups excluding carboxylic acids is 1. The van der Waals surface area contributed by atoms with Gasteiger partial charge < -0.3 is 10.6 Å². The van der Waals surface area contributed by atoms with E-state index in [1.807, 2.05) is 38.1 Å². The summed E-state index contributed by atoms with van der Waals surface area (Å²) in [6.07, 6.45) is 2.24. The van der Waals surface area contributed by atoms with Crippen LogP contribution < -0.4 is 10.6 Å². The van der Waals surface area contributed by atoms with E-state index in [2.05, 4.69) is 17.6 Å². The summed E-state index contributed by atoms with van der Waals surface area (Å²) in [6, 6.07) is 7.68. The van der Waals surface area contributed by atoms with Gasteiger partial charge in [0.05, 0.1) is 6.04 Å². The van der Waals surface area contributed by atoms with Gasteiger partial charge in [-0.2, -0.15) is 0 Å². The highest BCUT2D eigenvalue weighted by Crippen LogP contribution is 2.08. The Morgan fingerprint density at radius 3 is 2.53 bits per heavy atom. The molecular formula is C14H22N2O. The van der Waals surface area contributed by atoms with Crippen LogP contribution in [0.2, 0.25) is 0 Å². The summed E-state index contributed by atoms with van der Waals surface area (Å²) < 4.78 is 0. The first kappa shape index (κ1) is 13.7. The number of rotatable bonds is 6. The highest BCUT2D eigenvalue weighted by atomic mass is 16.2. The monoisotopic (exact) mass is 234 g/mol. The molecule has 0 radical (unpaired) electrons. The van der Waals surface area contributed by atoms with Crippen molar-refractivity contribution < 1.29 is 4.79 Å². The molecule has 2 N–H and O–H groups in total. The predicted molar refractivity (Wildman–Crippen MR) is 72.2 cm³/mol. The number of anilines is 1. The summed E-state index contributed by atoms with van der Waals surface area (Å²) in [7, 11) is 0. The van der Waals surface area contributed by atoms with Gasteiger partial charge in [0.25, 0.3) is 0 Å². The molecule has 94 valence electrons. The maximum absolute atomic E-state index is 11.8. The molecule has 1 rings (SSSR count). The molecule has 1 aromatic carbocycles. The predicted octanol–water partition coefficient (Wildman–Crippen LogP) is 2.71. The lowest BCUT2D eigenvalue weighted by Gasteiger charge is -2.13. The van der Waals surface area contributed by atoms with Crippen LogP contribution in [0, 0.1) is 6.92 Å². The van der Waals surface area contributed by atoms with Gasteiger partial charge in [-0.1, -0.05) is 31.0 Å². The topological polar surface area (TPSA) is 41.1 Å². The van der Waals surface area contributed by atoms with Gasteiger partial charge in [0, 0.05) is 5.69 Å². The smallest absolute Gasteiger partial charge is 0.241 e. The summed E-state index contributed by atoms with van der Waals surface area (Å²) in [5.74, 6) is 0.0185. The molecule has 0 heterocycles. The first-order valence-corrected chi connectivity index (χ1v) is 6.24. The van der Waals surface area contributed by atoms with E-state index in [-0.39, 0.29) is 11.9 Å². The maximum Gasteiger partial charge on any atom is 0.241 e. The Morgan fingerprint density at radius 2 is 1.94 bits per heavy atom. The molecule has 0 spiro atoms. The zero-order chi connectivity index (χ0) is 12.7. The minimum atomic E-state index is -0.150. The zero-order valence-corrected chi connectivity index (χ0v) is 10.9. The number of carbonyl (C=O) groups is 1. The van der Waals surface area contributed by atoms with Crippen LogP contribution in [0.5, 0.6) is 0 Å². The van der Waals surface area contributed by atoms with Crippen molar-refractivity contribution in [2.75, 3.05) is 11.9 Å². The van der Waals surface area contributed by atoms with E-state index in [0.29, 0.717) is 0 Å². The Balaban J connectivity index is 2.40. The summed E-state index contributed by atoms with van der Waals surface area (Å²) in [5, 5.41) is 6.10. The molecular weight excluding hydrogens is 212 g/mol. The summed E-state index contributed by atoms with van der Waals surface area (Å²) in [6.45, 7) is 6.94. The molecule has 0 aliphatic heterocycles. The quantitative estimate of drug-likeness (QED) is 0.743. The number of amides is 1. The summed E-state index contributed by atoms with van der Waals surface area (Å²) in [4.78, 5) is 11.8. The van der Waals surface area contributed by atoms with E-state index >= 15 is 0 Å². The van der Waals surface area contributed by atoms with Crippen LogP contribution in [-0.2, 0) is 4.79 Å². The molecule has 17 heavy (non-hydrogen) atoms. The van der Waals surface area contributed by atoms with Crippen molar-refractivity contribution in [3.8, 4) is 0 Å². The molecule has 1 atom stereocenters. The number of aryl methyl sites for hydroxylation is 1. The molecule has 0 fully saturated rings. The largest absolute Gasteiger partial charge is 0.325 e. The Morgan fingerprint density at radius 1 is 1.29 bits per heavy atom. The average Bonchev–Trinajstić information content (AvgIpc) is 2.32. The van der Waals surface area contributed by atoms with Crippen molar-refractivity contribution in [3.63, 3.8) is 0 Å². The average molecular weight is 234 g/mol. The fourth-order valence-electron chi connectivity index (χ4n) is 1.48. The third-order valence-corrected chi connectivity index (χ3v) is 2.69. The molecule has 3 heteroatoms. The van der Waals surface area contributed by atoms with Crippen molar-refractivity contribution >= 4 is 11.6 Å². The fourth-order valence-corrected chi connectivity index (χ4v) is 1.48. The second kappa shape index (κ2) is 7.07. The van der Waals surface area contributed by atoms with Crippen LogP contribution in [0.3, 0.4) is 0 Å². The van der Waals surface area contributed by atoms with E-state index in [0.717, 1.165) is 25.1 Å². The molecule has 0 aliphatic carbocycles. The molecule has 3 nitrogen and oxygen atoms in total. The molecule has 0 saturated heterocycles. The van der Waals surface area contributed by atoms with Gasteiger partial charge in [0.15, 0.2) is 0 Å². The zero-order valence-electron chi connectivity index (χ0n) is 10.9. The third-order valence-electron chi connectivity index (χ3n) is 2.69. The van der Waals surface area contributed by atoms with Gasteiger partial charge >= 0.3 is 0 Å². The van der Waals surface area contributed by atoms with Crippen molar-refractivity contribution in [3.05, 3.63) is 29.8 Å². The lowest BCUT2D eigenvalue weighted by Crippen LogP contribution is -2.38. The first-order chi connectivity index (χ1) is 8.13. The van der Waals surface area contributed by atoms with Gasteiger partial charge in [-0.05, 0) is 38.9 Å². The lowest BCUT2D eigenvalue weighted by molar-refractivity contribution is -0.117. The maximum atomic E-state index is 11.8. The number of nitrogens with one attached hydrogen (secondary N) is 2. The van der Waals surface area contributed by atoms with Crippen LogP contribution in [0.4, 0.5) is 5.69 Å². The van der Waals surface area contributed by atoms with E-state index in [1.54, 1.807) is 0 Å². The van der Waals surface area contributed by atoms with Crippen molar-refractivity contribution in [1.29, 1.82) is 0 Å². The Hall–Kier alpha value is -1.35. The molecule has 1 aromatic rings. The first-order valence-electron chi connectivity index (χ1n) is 6.24. The van der Waals surface area contributed by atoms with Gasteiger partial charge in [0.1, 0.15) is 0 Å². The second-order valence-electron chi connectivity index (χ2n) is 4.38. The van der Waals surface area contributed by atoms with Crippen molar-refractivity contribution in [2.24, 2.45) is 0 Å². The van der Waals surface area contributed by atoms with Crippen LogP contribution in [0.15, 0.2) is 24.3 Å². The van der Waals surface area contributed by atoms with Gasteiger partial charge in [-0.3, -0.25) is 4.79 Å². The number of hydrogen-bond donors (Lipinski definition) is 2. The molecule has 0 bridgehead atoms. The third kappa shape index (κ3) is 5.00. The van der Waals surface area contributed by atoms with Gasteiger partial charge in [-0.25, -0.2) is 0 Å². The minimum absolute atomic E-state index is 0.0185. The Kier molecular flexibility index (Phi) is 5.70. The standard InChI is InChI=1S/C14H22N2O/c1-4-5-10-15-12(3)14(17)16-13-8-6-11(2)7-9-13/h6-9,12,15H,4-5,10H2,1-3H3,(H,16,17). The minimum Gasteiger partial charge on any atom is -0.325 e. The summed E-state index contributed by atoms with van der Waals surface area (Å²) >= 11 is 0. The van der Waals surface area contributed by atoms with Crippen LogP contribution in [-0.4, -0.2) is 18.5 Å². The molecule has 1 unspecified atom stereocenters. The molecule has 0 saturated carbocycles. The van der Waals surface area contributed by atoms with Gasteiger partial charge in [0.2, 0.25) is 5.91 Å². The van der Waals surface area contributed by atoms with Crippen molar-refractivity contribution in [2.45, 2.75) is 39.7 Å². The Bertz CT molecular complexity index is 346. The number of hydrogen-bond acceptors (Lipinski definition) is 2. The highest BCUT2D eigenvalue weighted by molar-refractivity contribution is 5.94. The molecule has 1 amide bonds. The fraction of sp³-hybridized carbons (Fsp3) is 0.500. The summed E-state index contributed by atoms with van der Waals surface area (Å²) in [5.41, 5.74) is 2.04. The normalized spacial score (nSPS) is 12.2. The lowest BCUT2D eigenvalue weighted by atomic mass is 10.2. The van der Waals surface area contributed by atoms with E-state index in [1.165, 1.54) is 5.56 Å². The van der Waals surface area contributed by atoms with E-state index < -0.39 is 0 Å². The number of unbranched alkanes of at least 4 members (excludes halogenated alkanes) is 1. The van der Waals surface area contributed by atoms with E-state index in [4.69, 9.17) is 0 Å². The van der Waals surface area contributed by atoms with Crippen molar-refractivity contribution in [1.82, 2.24) is 5.32 Å². The van der Waals surface area contributed by atoms with Gasteiger partial charge in [-0.15, -0.1) is 0 Å². The van der Waals surface area contributed by atoms with E-state index in [9.17, 15) is 4.79 Å². The molecule has 0 aliphatic rings. The second-order valence-corrected chi connectivity index (χ2v) is 4.38. The van der Waals surface area contributed by atoms with Crippen LogP contribution in [0.25, 0.3) is 0 Å². The molecule has 0 aromatic heterocycles. The van der Waals surface area contributed by atoms with Crippen LogP contribution >= 0.6 is 0 Å². The SMILES string of the molecule is CCCCNC(C)C(=O)Nc1ccc(C)cc1.